The minimum absolute atomic E-state index is 0.120. The summed E-state index contributed by atoms with van der Waals surface area (Å²) >= 11 is 0. The molecule has 1 aromatic rings. The van der Waals surface area contributed by atoms with Gasteiger partial charge in [-0.1, -0.05) is 31.2 Å². The highest BCUT2D eigenvalue weighted by Crippen LogP contribution is 2.41. The number of hydrogen-bond donors (Lipinski definition) is 1. The fourth-order valence-corrected chi connectivity index (χ4v) is 2.96. The van der Waals surface area contributed by atoms with Crippen LogP contribution in [0.3, 0.4) is 0 Å². The molecule has 0 aliphatic carbocycles. The third-order valence-electron chi connectivity index (χ3n) is 4.19. The number of benzene rings is 1. The molecule has 94 valence electrons. The second kappa shape index (κ2) is 4.79. The van der Waals surface area contributed by atoms with E-state index < -0.39 is 6.10 Å². The summed E-state index contributed by atoms with van der Waals surface area (Å²) < 4.78 is 5.81. The van der Waals surface area contributed by atoms with Gasteiger partial charge in [-0.3, -0.25) is 0 Å². The van der Waals surface area contributed by atoms with Crippen molar-refractivity contribution in [1.29, 1.82) is 0 Å². The molecule has 0 aromatic heterocycles. The Morgan fingerprint density at radius 1 is 1.12 bits per heavy atom. The number of ether oxygens (including phenoxy) is 1. The molecule has 0 radical (unpaired) electrons. The molecule has 0 bridgehead atoms. The van der Waals surface area contributed by atoms with Crippen molar-refractivity contribution in [1.82, 2.24) is 0 Å². The lowest BCUT2D eigenvalue weighted by atomic mass is 9.81. The quantitative estimate of drug-likeness (QED) is 0.852. The highest BCUT2D eigenvalue weighted by atomic mass is 16.5. The maximum atomic E-state index is 10.6. The molecule has 2 nitrogen and oxygen atoms in total. The number of hydrogen-bond acceptors (Lipinski definition) is 2. The molecule has 1 aliphatic heterocycles. The summed E-state index contributed by atoms with van der Waals surface area (Å²) in [5.41, 5.74) is 2.19. The van der Waals surface area contributed by atoms with E-state index in [1.807, 2.05) is 31.2 Å². The largest absolute Gasteiger partial charge is 0.388 e. The van der Waals surface area contributed by atoms with Crippen molar-refractivity contribution in [3.63, 3.8) is 0 Å². The van der Waals surface area contributed by atoms with Gasteiger partial charge in [0.15, 0.2) is 0 Å². The first-order chi connectivity index (χ1) is 8.02. The third kappa shape index (κ3) is 2.24. The Kier molecular flexibility index (Phi) is 3.55. The van der Waals surface area contributed by atoms with Crippen LogP contribution < -0.4 is 0 Å². The fraction of sp³-hybridized carbons (Fsp3) is 0.600. The number of aliphatic hydroxyl groups excluding tert-OH is 1. The van der Waals surface area contributed by atoms with E-state index in [0.29, 0.717) is 5.92 Å². The first-order valence-electron chi connectivity index (χ1n) is 6.41. The molecule has 0 saturated carbocycles. The molecule has 5 atom stereocenters. The summed E-state index contributed by atoms with van der Waals surface area (Å²) in [5.74, 6) is 0.575. The molecule has 5 unspecified atom stereocenters. The van der Waals surface area contributed by atoms with Crippen LogP contribution in [0.4, 0.5) is 0 Å². The zero-order chi connectivity index (χ0) is 12.6. The molecule has 1 aliphatic rings. The molecule has 2 rings (SSSR count). The summed E-state index contributed by atoms with van der Waals surface area (Å²) in [5, 5.41) is 10.6. The summed E-state index contributed by atoms with van der Waals surface area (Å²) in [4.78, 5) is 0. The van der Waals surface area contributed by atoms with Gasteiger partial charge in [0, 0.05) is 5.92 Å². The molecule has 1 fully saturated rings. The Morgan fingerprint density at radius 3 is 2.29 bits per heavy atom. The average Bonchev–Trinajstić information content (AvgIpc) is 2.53. The van der Waals surface area contributed by atoms with E-state index in [-0.39, 0.29) is 18.1 Å². The van der Waals surface area contributed by atoms with Gasteiger partial charge in [-0.15, -0.1) is 0 Å². The molecule has 0 amide bonds. The minimum Gasteiger partial charge on any atom is -0.388 e. The number of rotatable bonds is 2. The van der Waals surface area contributed by atoms with Crippen LogP contribution in [0.2, 0.25) is 0 Å². The monoisotopic (exact) mass is 234 g/mol. The molecule has 2 heteroatoms. The van der Waals surface area contributed by atoms with Gasteiger partial charge in [-0.05, 0) is 37.8 Å². The zero-order valence-corrected chi connectivity index (χ0v) is 11.1. The van der Waals surface area contributed by atoms with Crippen molar-refractivity contribution in [3.8, 4) is 0 Å². The highest BCUT2D eigenvalue weighted by Gasteiger charge is 2.41. The predicted molar refractivity (Wildman–Crippen MR) is 68.8 cm³/mol. The van der Waals surface area contributed by atoms with Crippen LogP contribution in [0.25, 0.3) is 0 Å². The van der Waals surface area contributed by atoms with Gasteiger partial charge in [-0.25, -0.2) is 0 Å². The Morgan fingerprint density at radius 2 is 1.76 bits per heavy atom. The van der Waals surface area contributed by atoms with Crippen LogP contribution in [0.15, 0.2) is 24.3 Å². The maximum Gasteiger partial charge on any atom is 0.0848 e. The van der Waals surface area contributed by atoms with Crippen LogP contribution in [0.5, 0.6) is 0 Å². The molecule has 1 aromatic carbocycles. The number of aliphatic hydroxyl groups is 1. The lowest BCUT2D eigenvalue weighted by Crippen LogP contribution is -2.25. The molecule has 1 N–H and O–H groups in total. The Balaban J connectivity index is 2.26. The van der Waals surface area contributed by atoms with Crippen LogP contribution in [-0.2, 0) is 4.74 Å². The average molecular weight is 234 g/mol. The summed E-state index contributed by atoms with van der Waals surface area (Å²) in [7, 11) is 0. The zero-order valence-electron chi connectivity index (χ0n) is 11.1. The highest BCUT2D eigenvalue weighted by molar-refractivity contribution is 5.28. The Bertz CT molecular complexity index is 388. The lowest BCUT2D eigenvalue weighted by Gasteiger charge is -2.26. The minimum atomic E-state index is -0.425. The Hall–Kier alpha value is -0.860. The van der Waals surface area contributed by atoms with E-state index in [1.54, 1.807) is 0 Å². The lowest BCUT2D eigenvalue weighted by molar-refractivity contribution is 0.0229. The van der Waals surface area contributed by atoms with Crippen molar-refractivity contribution in [2.75, 3.05) is 0 Å². The molecule has 17 heavy (non-hydrogen) atoms. The summed E-state index contributed by atoms with van der Waals surface area (Å²) in [6.07, 6.45) is -0.0746. The van der Waals surface area contributed by atoms with E-state index in [4.69, 9.17) is 4.74 Å². The first-order valence-corrected chi connectivity index (χ1v) is 6.41. The van der Waals surface area contributed by atoms with Crippen LogP contribution in [-0.4, -0.2) is 17.3 Å². The normalized spacial score (nSPS) is 34.9. The second-order valence-electron chi connectivity index (χ2n) is 5.28. The van der Waals surface area contributed by atoms with Crippen molar-refractivity contribution < 1.29 is 9.84 Å². The molecule has 1 heterocycles. The predicted octanol–water partition coefficient (Wildman–Crippen LogP) is 3.09. The number of aryl methyl sites for hydroxylation is 1. The Labute approximate surface area is 104 Å². The van der Waals surface area contributed by atoms with Crippen molar-refractivity contribution in [2.24, 2.45) is 11.8 Å². The van der Waals surface area contributed by atoms with Gasteiger partial charge < -0.3 is 9.84 Å². The van der Waals surface area contributed by atoms with Gasteiger partial charge in [0.2, 0.25) is 0 Å². The van der Waals surface area contributed by atoms with Crippen LogP contribution >= 0.6 is 0 Å². The molecular formula is C15H22O2. The topological polar surface area (TPSA) is 29.5 Å². The van der Waals surface area contributed by atoms with E-state index in [1.165, 1.54) is 0 Å². The standard InChI is InChI=1S/C15H22O2/c1-9-7-5-6-8-13(9)15(16)14-10(2)11(3)17-12(14)4/h5-8,10-12,14-16H,1-4H3. The van der Waals surface area contributed by atoms with E-state index in [9.17, 15) is 5.11 Å². The molecule has 1 saturated heterocycles. The van der Waals surface area contributed by atoms with E-state index in [0.717, 1.165) is 11.1 Å². The smallest absolute Gasteiger partial charge is 0.0848 e. The SMILES string of the molecule is Cc1ccccc1C(O)C1C(C)OC(C)C1C. The summed E-state index contributed by atoms with van der Waals surface area (Å²) in [6, 6.07) is 8.06. The fourth-order valence-electron chi connectivity index (χ4n) is 2.96. The van der Waals surface area contributed by atoms with E-state index >= 15 is 0 Å². The van der Waals surface area contributed by atoms with Crippen LogP contribution in [0.1, 0.15) is 38.0 Å². The van der Waals surface area contributed by atoms with Gasteiger partial charge in [-0.2, -0.15) is 0 Å². The van der Waals surface area contributed by atoms with Crippen molar-refractivity contribution in [3.05, 3.63) is 35.4 Å². The van der Waals surface area contributed by atoms with Gasteiger partial charge in [0.25, 0.3) is 0 Å². The summed E-state index contributed by atoms with van der Waals surface area (Å²) in [6.45, 7) is 8.37. The van der Waals surface area contributed by atoms with Crippen LogP contribution in [0, 0.1) is 18.8 Å². The van der Waals surface area contributed by atoms with Gasteiger partial charge >= 0.3 is 0 Å². The maximum absolute atomic E-state index is 10.6. The van der Waals surface area contributed by atoms with Gasteiger partial charge in [0.05, 0.1) is 18.3 Å². The molecule has 0 spiro atoms. The van der Waals surface area contributed by atoms with E-state index in [2.05, 4.69) is 20.8 Å². The van der Waals surface area contributed by atoms with Gasteiger partial charge in [0.1, 0.15) is 0 Å². The van der Waals surface area contributed by atoms with Crippen molar-refractivity contribution >= 4 is 0 Å². The molecular weight excluding hydrogens is 212 g/mol. The van der Waals surface area contributed by atoms with Crippen molar-refractivity contribution in [2.45, 2.75) is 46.0 Å². The first kappa shape index (κ1) is 12.6. The second-order valence-corrected chi connectivity index (χ2v) is 5.28. The third-order valence-corrected chi connectivity index (χ3v) is 4.19.